The van der Waals surface area contributed by atoms with Crippen LogP contribution in [0.2, 0.25) is 0 Å². The van der Waals surface area contributed by atoms with E-state index in [0.29, 0.717) is 4.57 Å². The van der Waals surface area contributed by atoms with Crippen molar-refractivity contribution in [2.75, 3.05) is 5.73 Å². The standard InChI is InChI=1S/C10H12F2N6O3/c1-2-9(16-17-14)6(19)10(11,12)7(21-9)18-4-3-5(13)15-8(18)20/h3-4,6-7,19H,2H2,1H3,(H2,13,15,20)/t6-,7-,9+/m1/s1. The molecule has 0 amide bonds. The van der Waals surface area contributed by atoms with Gasteiger partial charge in [0.25, 0.3) is 0 Å². The fraction of sp³-hybridized carbons (Fsp3) is 0.600. The molecule has 2 heterocycles. The van der Waals surface area contributed by atoms with Crippen LogP contribution in [0.25, 0.3) is 10.4 Å². The summed E-state index contributed by atoms with van der Waals surface area (Å²) in [6.45, 7) is 1.40. The number of aromatic nitrogens is 2. The number of hydrogen-bond donors (Lipinski definition) is 2. The minimum Gasteiger partial charge on any atom is -0.383 e. The lowest BCUT2D eigenvalue weighted by atomic mass is 10.0. The highest BCUT2D eigenvalue weighted by Crippen LogP contribution is 2.49. The smallest absolute Gasteiger partial charge is 0.351 e. The van der Waals surface area contributed by atoms with Gasteiger partial charge >= 0.3 is 11.6 Å². The molecule has 9 nitrogen and oxygen atoms in total. The maximum absolute atomic E-state index is 14.2. The first-order valence-corrected chi connectivity index (χ1v) is 5.93. The number of azide groups is 1. The first-order chi connectivity index (χ1) is 9.78. The first kappa shape index (κ1) is 15.2. The fourth-order valence-electron chi connectivity index (χ4n) is 2.12. The molecule has 2 rings (SSSR count). The van der Waals surface area contributed by atoms with Crippen LogP contribution in [0.5, 0.6) is 0 Å². The minimum absolute atomic E-state index is 0.144. The zero-order valence-corrected chi connectivity index (χ0v) is 10.8. The Kier molecular flexibility index (Phi) is 3.58. The molecule has 0 aliphatic carbocycles. The highest BCUT2D eigenvalue weighted by molar-refractivity contribution is 5.24. The number of nitrogens with zero attached hydrogens (tertiary/aromatic N) is 5. The number of ether oxygens (including phenoxy) is 1. The van der Waals surface area contributed by atoms with Gasteiger partial charge in [-0.1, -0.05) is 12.0 Å². The molecule has 114 valence electrons. The van der Waals surface area contributed by atoms with Crippen LogP contribution in [0, 0.1) is 0 Å². The number of halogens is 2. The number of rotatable bonds is 3. The summed E-state index contributed by atoms with van der Waals surface area (Å²) in [6.07, 6.45) is -3.79. The maximum Gasteiger partial charge on any atom is 0.351 e. The Labute approximate surface area is 116 Å². The molecular formula is C10H12F2N6O3. The summed E-state index contributed by atoms with van der Waals surface area (Å²) in [6, 6.07) is 1.13. The summed E-state index contributed by atoms with van der Waals surface area (Å²) in [5.74, 6) is -4.00. The minimum atomic E-state index is -3.86. The van der Waals surface area contributed by atoms with Crippen molar-refractivity contribution in [3.05, 3.63) is 33.2 Å². The maximum atomic E-state index is 14.2. The SMILES string of the molecule is CC[C@]1(N=[N+]=[N-])O[C@@H](n2ccc(N)nc2=O)C(F)(F)[C@@H]1O. The van der Waals surface area contributed by atoms with Crippen LogP contribution in [-0.4, -0.2) is 32.4 Å². The van der Waals surface area contributed by atoms with Gasteiger partial charge in [0.15, 0.2) is 11.8 Å². The van der Waals surface area contributed by atoms with Crippen LogP contribution in [-0.2, 0) is 4.74 Å². The van der Waals surface area contributed by atoms with E-state index in [0.717, 1.165) is 12.3 Å². The Morgan fingerprint density at radius 1 is 1.71 bits per heavy atom. The predicted molar refractivity (Wildman–Crippen MR) is 66.2 cm³/mol. The summed E-state index contributed by atoms with van der Waals surface area (Å²) in [4.78, 5) is 17.4. The van der Waals surface area contributed by atoms with E-state index in [1.54, 1.807) is 0 Å². The van der Waals surface area contributed by atoms with Gasteiger partial charge in [-0.2, -0.15) is 13.8 Å². The topological polar surface area (TPSA) is 139 Å². The third kappa shape index (κ3) is 2.20. The molecule has 0 aromatic carbocycles. The number of anilines is 1. The summed E-state index contributed by atoms with van der Waals surface area (Å²) >= 11 is 0. The number of alkyl halides is 2. The Balaban J connectivity index is 2.55. The highest BCUT2D eigenvalue weighted by Gasteiger charge is 2.66. The Hall–Kier alpha value is -2.23. The average molecular weight is 302 g/mol. The van der Waals surface area contributed by atoms with Gasteiger partial charge in [0, 0.05) is 11.1 Å². The lowest BCUT2D eigenvalue weighted by Crippen LogP contribution is -2.45. The summed E-state index contributed by atoms with van der Waals surface area (Å²) in [5.41, 5.74) is 10.5. The molecule has 1 aromatic heterocycles. The quantitative estimate of drug-likeness (QED) is 0.482. The Morgan fingerprint density at radius 2 is 2.38 bits per heavy atom. The third-order valence-electron chi connectivity index (χ3n) is 3.26. The zero-order valence-electron chi connectivity index (χ0n) is 10.8. The van der Waals surface area contributed by atoms with Crippen molar-refractivity contribution in [3.63, 3.8) is 0 Å². The number of aliphatic hydroxyl groups is 1. The Morgan fingerprint density at radius 3 is 2.90 bits per heavy atom. The zero-order chi connectivity index (χ0) is 15.8. The lowest BCUT2D eigenvalue weighted by Gasteiger charge is -2.24. The van der Waals surface area contributed by atoms with Crippen molar-refractivity contribution in [1.29, 1.82) is 0 Å². The van der Waals surface area contributed by atoms with Crippen molar-refractivity contribution in [2.24, 2.45) is 5.11 Å². The number of hydrogen-bond acceptors (Lipinski definition) is 6. The summed E-state index contributed by atoms with van der Waals surface area (Å²) in [5, 5.41) is 12.9. The van der Waals surface area contributed by atoms with Crippen molar-refractivity contribution in [2.45, 2.75) is 37.3 Å². The van der Waals surface area contributed by atoms with Crippen LogP contribution < -0.4 is 11.4 Å². The molecule has 0 unspecified atom stereocenters. The molecule has 21 heavy (non-hydrogen) atoms. The van der Waals surface area contributed by atoms with E-state index in [9.17, 15) is 18.7 Å². The van der Waals surface area contributed by atoms with Gasteiger partial charge in [-0.15, -0.1) is 0 Å². The first-order valence-electron chi connectivity index (χ1n) is 5.93. The molecular weight excluding hydrogens is 290 g/mol. The summed E-state index contributed by atoms with van der Waals surface area (Å²) < 4.78 is 33.9. The van der Waals surface area contributed by atoms with Crippen LogP contribution in [0.15, 0.2) is 22.2 Å². The fourth-order valence-corrected chi connectivity index (χ4v) is 2.12. The van der Waals surface area contributed by atoms with Crippen molar-refractivity contribution < 1.29 is 18.6 Å². The van der Waals surface area contributed by atoms with Crippen LogP contribution in [0.4, 0.5) is 14.6 Å². The molecule has 11 heteroatoms. The predicted octanol–water partition coefficient (Wildman–Crippen LogP) is 0.767. The lowest BCUT2D eigenvalue weighted by molar-refractivity contribution is -0.142. The molecule has 1 aromatic rings. The van der Waals surface area contributed by atoms with Crippen molar-refractivity contribution >= 4 is 5.82 Å². The molecule has 0 saturated carbocycles. The van der Waals surface area contributed by atoms with E-state index in [1.165, 1.54) is 6.92 Å². The van der Waals surface area contributed by atoms with E-state index < -0.39 is 29.7 Å². The van der Waals surface area contributed by atoms with Crippen molar-refractivity contribution in [3.8, 4) is 0 Å². The molecule has 0 radical (unpaired) electrons. The molecule has 3 N–H and O–H groups in total. The second-order valence-electron chi connectivity index (χ2n) is 4.48. The average Bonchev–Trinajstić information content (AvgIpc) is 2.61. The molecule has 0 spiro atoms. The second kappa shape index (κ2) is 4.95. The highest BCUT2D eigenvalue weighted by atomic mass is 19.3. The molecule has 1 aliphatic rings. The number of nitrogens with two attached hydrogens (primary N) is 1. The van der Waals surface area contributed by atoms with Gasteiger partial charge in [-0.25, -0.2) is 4.79 Å². The monoisotopic (exact) mass is 302 g/mol. The van der Waals surface area contributed by atoms with E-state index in [-0.39, 0.29) is 12.2 Å². The van der Waals surface area contributed by atoms with Crippen LogP contribution in [0.3, 0.4) is 0 Å². The molecule has 1 fully saturated rings. The van der Waals surface area contributed by atoms with E-state index in [2.05, 4.69) is 15.0 Å². The molecule has 1 saturated heterocycles. The largest absolute Gasteiger partial charge is 0.383 e. The van der Waals surface area contributed by atoms with E-state index in [4.69, 9.17) is 16.0 Å². The van der Waals surface area contributed by atoms with Gasteiger partial charge in [-0.3, -0.25) is 4.57 Å². The van der Waals surface area contributed by atoms with E-state index in [1.807, 2.05) is 0 Å². The molecule has 0 bridgehead atoms. The van der Waals surface area contributed by atoms with Gasteiger partial charge in [0.2, 0.25) is 6.23 Å². The number of nitrogen functional groups attached to an aromatic ring is 1. The second-order valence-corrected chi connectivity index (χ2v) is 4.48. The Bertz CT molecular complexity index is 658. The normalized spacial score (nSPS) is 30.9. The van der Waals surface area contributed by atoms with Gasteiger partial charge in [-0.05, 0) is 18.0 Å². The summed E-state index contributed by atoms with van der Waals surface area (Å²) in [7, 11) is 0. The molecule has 1 aliphatic heterocycles. The molecule has 3 atom stereocenters. The van der Waals surface area contributed by atoms with E-state index >= 15 is 0 Å². The van der Waals surface area contributed by atoms with Crippen molar-refractivity contribution in [1.82, 2.24) is 9.55 Å². The van der Waals surface area contributed by atoms with Gasteiger partial charge < -0.3 is 15.6 Å². The van der Waals surface area contributed by atoms with Crippen LogP contribution in [0.1, 0.15) is 19.6 Å². The van der Waals surface area contributed by atoms with Gasteiger partial charge in [0.05, 0.1) is 0 Å². The number of aliphatic hydroxyl groups excluding tert-OH is 1. The third-order valence-corrected chi connectivity index (χ3v) is 3.26. The van der Waals surface area contributed by atoms with Gasteiger partial charge in [0.1, 0.15) is 5.82 Å². The van der Waals surface area contributed by atoms with Crippen LogP contribution >= 0.6 is 0 Å².